The Bertz CT molecular complexity index is 793. The summed E-state index contributed by atoms with van der Waals surface area (Å²) in [6.45, 7) is 9.58. The van der Waals surface area contributed by atoms with Crippen molar-refractivity contribution in [2.24, 2.45) is 0 Å². The molecule has 3 rings (SSSR count). The highest BCUT2D eigenvalue weighted by Crippen LogP contribution is 2.21. The van der Waals surface area contributed by atoms with Crippen molar-refractivity contribution in [3.63, 3.8) is 0 Å². The number of aryl methyl sites for hydroxylation is 2. The Hall–Kier alpha value is -2.19. The fraction of sp³-hybridized carbons (Fsp3) is 0.611. The average Bonchev–Trinajstić information content (AvgIpc) is 3.15. The van der Waals surface area contributed by atoms with Crippen LogP contribution in [0.15, 0.2) is 0 Å². The lowest BCUT2D eigenvalue weighted by molar-refractivity contribution is 0.0922. The lowest BCUT2D eigenvalue weighted by Gasteiger charge is -2.14. The Morgan fingerprint density at radius 1 is 1.31 bits per heavy atom. The number of ether oxygens (including phenoxy) is 2. The molecule has 2 aromatic heterocycles. The second-order valence-electron chi connectivity index (χ2n) is 6.44. The van der Waals surface area contributed by atoms with Gasteiger partial charge in [0.2, 0.25) is 0 Å². The quantitative estimate of drug-likeness (QED) is 0.805. The van der Waals surface area contributed by atoms with Crippen LogP contribution >= 0.6 is 0 Å². The van der Waals surface area contributed by atoms with Gasteiger partial charge in [0.1, 0.15) is 0 Å². The average molecular weight is 361 g/mol. The number of rotatable bonds is 7. The molecule has 3 heterocycles. The van der Waals surface area contributed by atoms with Gasteiger partial charge in [0.25, 0.3) is 5.91 Å². The van der Waals surface area contributed by atoms with E-state index in [2.05, 4.69) is 22.4 Å². The number of carbonyl (C=O) groups excluding carboxylic acids is 1. The molecule has 8 nitrogen and oxygen atoms in total. The van der Waals surface area contributed by atoms with Crippen LogP contribution in [0.1, 0.15) is 45.6 Å². The summed E-state index contributed by atoms with van der Waals surface area (Å²) in [4.78, 5) is 12.8. The Morgan fingerprint density at radius 2 is 2.12 bits per heavy atom. The first-order valence-corrected chi connectivity index (χ1v) is 9.03. The number of carbonyl (C=O) groups is 1. The number of amides is 1. The maximum Gasteiger partial charge on any atom is 0.272 e. The van der Waals surface area contributed by atoms with Gasteiger partial charge in [-0.05, 0) is 20.8 Å². The van der Waals surface area contributed by atoms with E-state index < -0.39 is 0 Å². The minimum Gasteiger partial charge on any atom is -0.383 e. The van der Waals surface area contributed by atoms with Crippen LogP contribution in [0.3, 0.4) is 0 Å². The fourth-order valence-electron chi connectivity index (χ4n) is 3.40. The van der Waals surface area contributed by atoms with Gasteiger partial charge in [0, 0.05) is 49.1 Å². The third-order valence-corrected chi connectivity index (χ3v) is 4.87. The molecule has 0 saturated heterocycles. The molecular formula is C18H27N5O3. The van der Waals surface area contributed by atoms with Gasteiger partial charge in [-0.1, -0.05) is 0 Å². The monoisotopic (exact) mass is 361 g/mol. The highest BCUT2D eigenvalue weighted by molar-refractivity contribution is 5.94. The number of nitrogens with one attached hydrogen (secondary N) is 1. The Balaban J connectivity index is 1.78. The first kappa shape index (κ1) is 18.6. The molecule has 1 N–H and O–H groups in total. The molecule has 26 heavy (non-hydrogen) atoms. The third-order valence-electron chi connectivity index (χ3n) is 4.87. The van der Waals surface area contributed by atoms with Crippen molar-refractivity contribution in [3.05, 3.63) is 33.9 Å². The van der Waals surface area contributed by atoms with E-state index in [-0.39, 0.29) is 5.91 Å². The van der Waals surface area contributed by atoms with Gasteiger partial charge in [-0.25, -0.2) is 0 Å². The summed E-state index contributed by atoms with van der Waals surface area (Å²) in [5.74, 6) is -0.175. The van der Waals surface area contributed by atoms with Crippen LogP contribution in [0.2, 0.25) is 0 Å². The number of nitrogens with zero attached hydrogens (tertiary/aromatic N) is 4. The lowest BCUT2D eigenvalue weighted by Crippen LogP contribution is -2.25. The zero-order chi connectivity index (χ0) is 18.7. The van der Waals surface area contributed by atoms with E-state index in [1.807, 2.05) is 23.2 Å². The summed E-state index contributed by atoms with van der Waals surface area (Å²) in [6.07, 6.45) is 0.765. The summed E-state index contributed by atoms with van der Waals surface area (Å²) in [5.41, 5.74) is 5.51. The van der Waals surface area contributed by atoms with Crippen molar-refractivity contribution in [2.75, 3.05) is 20.3 Å². The van der Waals surface area contributed by atoms with Gasteiger partial charge < -0.3 is 14.8 Å². The zero-order valence-electron chi connectivity index (χ0n) is 16.0. The lowest BCUT2D eigenvalue weighted by atomic mass is 10.1. The minimum absolute atomic E-state index is 0.175. The van der Waals surface area contributed by atoms with E-state index in [9.17, 15) is 4.79 Å². The van der Waals surface area contributed by atoms with Crippen molar-refractivity contribution < 1.29 is 14.3 Å². The molecule has 0 saturated carbocycles. The first-order chi connectivity index (χ1) is 12.6. The minimum atomic E-state index is -0.175. The standard InChI is InChI=1S/C18H27N5O3/c1-5-22-13(3)14(12(2)20-22)10-19-18(24)17-15-11-26-8-6-16(15)23(21-17)7-9-25-4/h5-11H2,1-4H3,(H,19,24). The molecule has 0 unspecified atom stereocenters. The second kappa shape index (κ2) is 8.01. The summed E-state index contributed by atoms with van der Waals surface area (Å²) in [6, 6.07) is 0. The summed E-state index contributed by atoms with van der Waals surface area (Å²) >= 11 is 0. The van der Waals surface area contributed by atoms with Gasteiger partial charge in [-0.3, -0.25) is 14.2 Å². The van der Waals surface area contributed by atoms with E-state index in [4.69, 9.17) is 9.47 Å². The third kappa shape index (κ3) is 3.52. The van der Waals surface area contributed by atoms with Crippen LogP contribution in [0.25, 0.3) is 0 Å². The predicted molar refractivity (Wildman–Crippen MR) is 96.0 cm³/mol. The second-order valence-corrected chi connectivity index (χ2v) is 6.44. The molecule has 0 spiro atoms. The fourth-order valence-corrected chi connectivity index (χ4v) is 3.40. The van der Waals surface area contributed by atoms with Crippen molar-refractivity contribution in [3.8, 4) is 0 Å². The zero-order valence-corrected chi connectivity index (χ0v) is 16.0. The van der Waals surface area contributed by atoms with Crippen LogP contribution in [0.5, 0.6) is 0 Å². The SMILES string of the molecule is CCn1nc(C)c(CNC(=O)c2nn(CCOC)c3c2COCC3)c1C. The molecule has 1 amide bonds. The summed E-state index contributed by atoms with van der Waals surface area (Å²) < 4.78 is 14.5. The van der Waals surface area contributed by atoms with Crippen molar-refractivity contribution in [1.29, 1.82) is 0 Å². The Morgan fingerprint density at radius 3 is 2.81 bits per heavy atom. The van der Waals surface area contributed by atoms with E-state index in [1.165, 1.54) is 0 Å². The highest BCUT2D eigenvalue weighted by atomic mass is 16.5. The molecule has 2 aromatic rings. The molecule has 1 aliphatic heterocycles. The van der Waals surface area contributed by atoms with E-state index in [1.54, 1.807) is 7.11 Å². The van der Waals surface area contributed by atoms with Crippen LogP contribution in [-0.2, 0) is 42.1 Å². The number of fused-ring (bicyclic) bond motifs is 1. The molecule has 142 valence electrons. The Kier molecular flexibility index (Phi) is 5.73. The molecular weight excluding hydrogens is 334 g/mol. The molecule has 0 atom stereocenters. The number of hydrogen-bond acceptors (Lipinski definition) is 5. The molecule has 8 heteroatoms. The van der Waals surface area contributed by atoms with Crippen LogP contribution in [0.4, 0.5) is 0 Å². The molecule has 1 aliphatic rings. The Labute approximate surface area is 153 Å². The highest BCUT2D eigenvalue weighted by Gasteiger charge is 2.25. The molecule has 0 fully saturated rings. The molecule has 0 aliphatic carbocycles. The first-order valence-electron chi connectivity index (χ1n) is 9.03. The maximum atomic E-state index is 12.8. The summed E-state index contributed by atoms with van der Waals surface area (Å²) in [5, 5.41) is 12.0. The molecule has 0 radical (unpaired) electrons. The van der Waals surface area contributed by atoms with Gasteiger partial charge in [0.05, 0.1) is 32.1 Å². The summed E-state index contributed by atoms with van der Waals surface area (Å²) in [7, 11) is 1.66. The van der Waals surface area contributed by atoms with Crippen LogP contribution < -0.4 is 5.32 Å². The van der Waals surface area contributed by atoms with Crippen LogP contribution in [0, 0.1) is 13.8 Å². The molecule has 0 aromatic carbocycles. The van der Waals surface area contributed by atoms with Crippen molar-refractivity contribution in [1.82, 2.24) is 24.9 Å². The number of hydrogen-bond donors (Lipinski definition) is 1. The predicted octanol–water partition coefficient (Wildman–Crippen LogP) is 1.37. The smallest absolute Gasteiger partial charge is 0.272 e. The number of aromatic nitrogens is 4. The van der Waals surface area contributed by atoms with Gasteiger partial charge in [-0.2, -0.15) is 10.2 Å². The maximum absolute atomic E-state index is 12.8. The van der Waals surface area contributed by atoms with E-state index in [0.29, 0.717) is 38.6 Å². The van der Waals surface area contributed by atoms with E-state index >= 15 is 0 Å². The normalized spacial score (nSPS) is 13.7. The van der Waals surface area contributed by atoms with Crippen molar-refractivity contribution in [2.45, 2.75) is 53.4 Å². The van der Waals surface area contributed by atoms with Gasteiger partial charge in [0.15, 0.2) is 5.69 Å². The molecule has 0 bridgehead atoms. The largest absolute Gasteiger partial charge is 0.383 e. The van der Waals surface area contributed by atoms with Crippen molar-refractivity contribution >= 4 is 5.91 Å². The van der Waals surface area contributed by atoms with Gasteiger partial charge >= 0.3 is 0 Å². The number of methoxy groups -OCH3 is 1. The van der Waals surface area contributed by atoms with Gasteiger partial charge in [-0.15, -0.1) is 0 Å². The van der Waals surface area contributed by atoms with E-state index in [0.717, 1.165) is 41.2 Å². The topological polar surface area (TPSA) is 83.2 Å². The van der Waals surface area contributed by atoms with Crippen LogP contribution in [-0.4, -0.2) is 45.8 Å².